The Labute approximate surface area is 147 Å². The van der Waals surface area contributed by atoms with Gasteiger partial charge in [0.05, 0.1) is 0 Å². The van der Waals surface area contributed by atoms with E-state index in [9.17, 15) is 0 Å². The van der Waals surface area contributed by atoms with Crippen molar-refractivity contribution in [2.24, 2.45) is 0 Å². The Balaban J connectivity index is -0.0000000247. The zero-order valence-electron chi connectivity index (χ0n) is 8.48. The second-order valence-corrected chi connectivity index (χ2v) is 2.94. The first-order valence-corrected chi connectivity index (χ1v) is 4.91. The molecule has 0 aromatic heterocycles. The van der Waals surface area contributed by atoms with E-state index in [0.29, 0.717) is 0 Å². The third-order valence-electron chi connectivity index (χ3n) is 0. The molecule has 17 heavy (non-hydrogen) atoms. The van der Waals surface area contributed by atoms with Gasteiger partial charge in [0, 0.05) is 26.8 Å². The Morgan fingerprint density at radius 3 is 0.882 bits per heavy atom. The second kappa shape index (κ2) is 17.5. The molecular formula is C2H3MgMnNaO10S2. The van der Waals surface area contributed by atoms with E-state index in [4.69, 9.17) is 44.9 Å². The Kier molecular flexibility index (Phi) is 37.3. The first kappa shape index (κ1) is 36.3. The van der Waals surface area contributed by atoms with Crippen molar-refractivity contribution in [2.45, 2.75) is 6.92 Å². The van der Waals surface area contributed by atoms with Crippen molar-refractivity contribution >= 4 is 49.8 Å². The van der Waals surface area contributed by atoms with Gasteiger partial charge in [-0.3, -0.25) is 16.8 Å². The molecule has 0 spiro atoms. The van der Waals surface area contributed by atoms with Crippen molar-refractivity contribution in [1.82, 2.24) is 0 Å². The zero-order chi connectivity index (χ0) is 12.6. The van der Waals surface area contributed by atoms with Gasteiger partial charge >= 0.3 is 69.7 Å². The van der Waals surface area contributed by atoms with Crippen LogP contribution in [0.3, 0.4) is 0 Å². The molecule has 0 N–H and O–H groups in total. The van der Waals surface area contributed by atoms with E-state index in [-0.39, 0.29) is 69.7 Å². The molecule has 0 aromatic rings. The van der Waals surface area contributed by atoms with Gasteiger partial charge in [0.15, 0.2) is 0 Å². The molecule has 93 valence electrons. The Morgan fingerprint density at radius 1 is 0.882 bits per heavy atom. The first-order valence-electron chi connectivity index (χ1n) is 2.24. The molecule has 0 aliphatic rings. The van der Waals surface area contributed by atoms with Gasteiger partial charge in [-0.15, -0.1) is 0 Å². The minimum absolute atomic E-state index is 0. The largest absolute Gasteiger partial charge is 2.00 e. The molecule has 1 radical (unpaired) electrons. The van der Waals surface area contributed by atoms with Crippen LogP contribution < -0.4 is 34.7 Å². The van der Waals surface area contributed by atoms with Crippen molar-refractivity contribution < 1.29 is 91.6 Å². The third kappa shape index (κ3) is 1880. The van der Waals surface area contributed by atoms with E-state index in [1.165, 1.54) is 0 Å². The van der Waals surface area contributed by atoms with Crippen LogP contribution in [-0.4, -0.2) is 64.1 Å². The topological polar surface area (TPSA) is 201 Å². The van der Waals surface area contributed by atoms with Gasteiger partial charge in [0.1, 0.15) is 0 Å². The summed E-state index contributed by atoms with van der Waals surface area (Å²) in [7, 11) is -10.3. The molecule has 0 aliphatic carbocycles. The van der Waals surface area contributed by atoms with Gasteiger partial charge in [-0.25, -0.2) is 0 Å². The monoisotopic (exact) mass is 353 g/mol. The van der Waals surface area contributed by atoms with Crippen LogP contribution in [0, 0.1) is 0 Å². The smallest absolute Gasteiger partial charge is 0.759 e. The van der Waals surface area contributed by atoms with Crippen LogP contribution in [0.5, 0.6) is 0 Å². The number of carboxylic acids is 1. The molecule has 0 bridgehead atoms. The summed E-state index contributed by atoms with van der Waals surface area (Å²) in [6, 6.07) is 0. The van der Waals surface area contributed by atoms with Crippen LogP contribution in [-0.2, 0) is 42.7 Å². The minimum atomic E-state index is -5.17. The van der Waals surface area contributed by atoms with Crippen LogP contribution in [0.2, 0.25) is 0 Å². The van der Waals surface area contributed by atoms with Gasteiger partial charge in [-0.1, -0.05) is 0 Å². The minimum Gasteiger partial charge on any atom is -0.759 e. The summed E-state index contributed by atoms with van der Waals surface area (Å²) >= 11 is 0. The number of rotatable bonds is 0. The fourth-order valence-electron chi connectivity index (χ4n) is 0. The molecule has 15 heteroatoms. The van der Waals surface area contributed by atoms with Crippen LogP contribution >= 0.6 is 0 Å². The molecule has 0 saturated heterocycles. The molecule has 0 unspecified atom stereocenters. The Hall–Kier alpha value is 1.50. The predicted molar refractivity (Wildman–Crippen MR) is 37.4 cm³/mol. The van der Waals surface area contributed by atoms with Crippen LogP contribution in [0.1, 0.15) is 6.92 Å². The fraction of sp³-hybridized carbons (Fsp3) is 0.500. The molecule has 0 atom stereocenters. The first-order chi connectivity index (χ1) is 5.73. The van der Waals surface area contributed by atoms with Crippen molar-refractivity contribution in [2.75, 3.05) is 0 Å². The zero-order valence-corrected chi connectivity index (χ0v) is 14.7. The van der Waals surface area contributed by atoms with E-state index in [1.807, 2.05) is 0 Å². The number of hydrogen-bond donors (Lipinski definition) is 0. The molecule has 0 aromatic carbocycles. The van der Waals surface area contributed by atoms with Crippen molar-refractivity contribution in [3.05, 3.63) is 0 Å². The normalized spacial score (nSPS) is 8.29. The quantitative estimate of drug-likeness (QED) is 0.229. The molecular weight excluding hydrogens is 350 g/mol. The number of carbonyl (C=O) groups is 1. The van der Waals surface area contributed by atoms with Gasteiger partial charge in [-0.2, -0.15) is 0 Å². The molecule has 0 aliphatic heterocycles. The number of aliphatic carboxylic acids is 1. The van der Waals surface area contributed by atoms with E-state index in [0.717, 1.165) is 6.92 Å². The molecule has 0 saturated carbocycles. The number of carboxylic acid groups (broad SMARTS) is 1. The fourth-order valence-corrected chi connectivity index (χ4v) is 0. The molecule has 0 amide bonds. The maximum absolute atomic E-state index is 8.89. The van der Waals surface area contributed by atoms with Crippen molar-refractivity contribution in [3.63, 3.8) is 0 Å². The molecule has 10 nitrogen and oxygen atoms in total. The summed E-state index contributed by atoms with van der Waals surface area (Å²) < 4.78 is 68.2. The van der Waals surface area contributed by atoms with Crippen LogP contribution in [0.15, 0.2) is 0 Å². The average molecular weight is 353 g/mol. The van der Waals surface area contributed by atoms with E-state index >= 15 is 0 Å². The number of carbonyl (C=O) groups excluding carboxylic acids is 1. The summed E-state index contributed by atoms with van der Waals surface area (Å²) in [6.07, 6.45) is 0. The van der Waals surface area contributed by atoms with Gasteiger partial charge in [0.2, 0.25) is 0 Å². The second-order valence-electron chi connectivity index (χ2n) is 1.31. The maximum Gasteiger partial charge on any atom is 2.00 e. The number of hydrogen-bond acceptors (Lipinski definition) is 10. The molecule has 0 fully saturated rings. The molecule has 0 heterocycles. The predicted octanol–water partition coefficient (Wildman–Crippen LogP) is -7.30. The van der Waals surface area contributed by atoms with Crippen LogP contribution in [0.4, 0.5) is 0 Å². The van der Waals surface area contributed by atoms with Crippen molar-refractivity contribution in [3.8, 4) is 0 Å². The van der Waals surface area contributed by atoms with Gasteiger partial charge < -0.3 is 28.1 Å². The van der Waals surface area contributed by atoms with Crippen LogP contribution in [0.25, 0.3) is 0 Å². The summed E-state index contributed by atoms with van der Waals surface area (Å²) in [5.74, 6) is -1.08. The standard InChI is InChI=1S/C2H4O2.Mg.Mn.Na.2H2O4S/c1-2(3)4;;;;2*1-5(2,3)4/h1H3,(H,3,4);;;;2*(H2,1,2,3,4)/q;2*+2;+1;;/p-5. The van der Waals surface area contributed by atoms with Gasteiger partial charge in [0.25, 0.3) is 0 Å². The summed E-state index contributed by atoms with van der Waals surface area (Å²) in [5, 5.41) is 8.89. The SMILES string of the molecule is CC(=O)[O-].O=S(=O)([O-])[O-].O=S(=O)([O-])[O-].[Mg+2].[Mn+2].[Na+]. The van der Waals surface area contributed by atoms with E-state index in [1.54, 1.807) is 0 Å². The van der Waals surface area contributed by atoms with E-state index in [2.05, 4.69) is 0 Å². The van der Waals surface area contributed by atoms with Crippen molar-refractivity contribution in [1.29, 1.82) is 0 Å². The molecule has 0 rings (SSSR count). The third-order valence-corrected chi connectivity index (χ3v) is 0. The Morgan fingerprint density at radius 2 is 0.882 bits per heavy atom. The van der Waals surface area contributed by atoms with E-state index < -0.39 is 26.8 Å². The maximum atomic E-state index is 8.89. The summed E-state index contributed by atoms with van der Waals surface area (Å²) in [6.45, 7) is 0.972. The Bertz CT molecular complexity index is 299. The summed E-state index contributed by atoms with van der Waals surface area (Å²) in [4.78, 5) is 8.89. The average Bonchev–Trinajstić information content (AvgIpc) is 1.45. The summed E-state index contributed by atoms with van der Waals surface area (Å²) in [5.41, 5.74) is 0. The van der Waals surface area contributed by atoms with Gasteiger partial charge in [-0.05, 0) is 6.92 Å².